The highest BCUT2D eigenvalue weighted by Gasteiger charge is 2.30. The maximum Gasteiger partial charge on any atom is 0.326 e. The Hall–Kier alpha value is -1.89. The van der Waals surface area contributed by atoms with Gasteiger partial charge in [-0.3, -0.25) is 9.47 Å². The van der Waals surface area contributed by atoms with Gasteiger partial charge in [-0.05, 0) is 61.7 Å². The predicted octanol–water partition coefficient (Wildman–Crippen LogP) is 4.00. The Kier molecular flexibility index (Phi) is 5.33. The number of thiophene rings is 1. The standard InChI is InChI=1S/C23H30N4OS/c1-17-10-15-29-22(17)16-25-11-6-18(7-12-25)26-13-8-19(9-14-26)27-21-5-3-2-4-20(21)24-23(27)28/h2-5,10,15,18-19H,6-9,11-14,16H2,1H3,(H,24,28). The average Bonchev–Trinajstić information content (AvgIpc) is 3.30. The van der Waals surface area contributed by atoms with E-state index in [1.165, 1.54) is 36.4 Å². The molecule has 2 aliphatic rings. The molecule has 0 unspecified atom stereocenters. The van der Waals surface area contributed by atoms with Crippen LogP contribution in [0.15, 0.2) is 40.5 Å². The molecule has 2 fully saturated rings. The average molecular weight is 411 g/mol. The molecule has 0 bridgehead atoms. The van der Waals surface area contributed by atoms with Crippen molar-refractivity contribution in [3.05, 3.63) is 56.6 Å². The van der Waals surface area contributed by atoms with Crippen molar-refractivity contribution in [2.24, 2.45) is 0 Å². The van der Waals surface area contributed by atoms with Crippen LogP contribution in [0.4, 0.5) is 0 Å². The largest absolute Gasteiger partial charge is 0.326 e. The molecule has 4 heterocycles. The molecule has 0 atom stereocenters. The van der Waals surface area contributed by atoms with E-state index in [1.54, 1.807) is 0 Å². The van der Waals surface area contributed by atoms with Crippen LogP contribution in [0.5, 0.6) is 0 Å². The molecule has 2 aromatic heterocycles. The van der Waals surface area contributed by atoms with Crippen molar-refractivity contribution in [2.75, 3.05) is 26.2 Å². The molecule has 5 rings (SSSR count). The van der Waals surface area contributed by atoms with Gasteiger partial charge in [0.25, 0.3) is 0 Å². The van der Waals surface area contributed by atoms with Crippen molar-refractivity contribution in [2.45, 2.75) is 51.2 Å². The van der Waals surface area contributed by atoms with Gasteiger partial charge >= 0.3 is 5.69 Å². The zero-order valence-corrected chi connectivity index (χ0v) is 18.0. The highest BCUT2D eigenvalue weighted by molar-refractivity contribution is 7.10. The second-order valence-corrected chi connectivity index (χ2v) is 9.62. The van der Waals surface area contributed by atoms with Crippen LogP contribution < -0.4 is 5.69 Å². The summed E-state index contributed by atoms with van der Waals surface area (Å²) in [6.45, 7) is 7.94. The van der Waals surface area contributed by atoms with Crippen molar-refractivity contribution in [1.29, 1.82) is 0 Å². The van der Waals surface area contributed by atoms with Crippen LogP contribution >= 0.6 is 11.3 Å². The van der Waals surface area contributed by atoms with Crippen LogP contribution in [-0.2, 0) is 6.54 Å². The number of piperidine rings is 2. The number of nitrogens with zero attached hydrogens (tertiary/aromatic N) is 3. The summed E-state index contributed by atoms with van der Waals surface area (Å²) in [6, 6.07) is 11.3. The van der Waals surface area contributed by atoms with E-state index in [1.807, 2.05) is 34.1 Å². The van der Waals surface area contributed by atoms with Gasteiger partial charge in [0.2, 0.25) is 0 Å². The number of aromatic nitrogens is 2. The fraction of sp³-hybridized carbons (Fsp3) is 0.522. The number of benzene rings is 1. The molecule has 1 aromatic carbocycles. The van der Waals surface area contributed by atoms with Gasteiger partial charge < -0.3 is 9.88 Å². The summed E-state index contributed by atoms with van der Waals surface area (Å²) in [5, 5.41) is 2.21. The van der Waals surface area contributed by atoms with Crippen molar-refractivity contribution in [3.63, 3.8) is 0 Å². The van der Waals surface area contributed by atoms with Crippen molar-refractivity contribution in [3.8, 4) is 0 Å². The van der Waals surface area contributed by atoms with Gasteiger partial charge in [0.1, 0.15) is 0 Å². The van der Waals surface area contributed by atoms with Crippen LogP contribution in [0.2, 0.25) is 0 Å². The van der Waals surface area contributed by atoms with E-state index in [0.717, 1.165) is 43.5 Å². The molecular weight excluding hydrogens is 380 g/mol. The van der Waals surface area contributed by atoms with Crippen molar-refractivity contribution in [1.82, 2.24) is 19.4 Å². The molecule has 5 nitrogen and oxygen atoms in total. The first-order valence-corrected chi connectivity index (χ1v) is 11.8. The number of fused-ring (bicyclic) bond motifs is 1. The minimum atomic E-state index is 0.0434. The van der Waals surface area contributed by atoms with Gasteiger partial charge in [-0.2, -0.15) is 0 Å². The maximum absolute atomic E-state index is 12.5. The normalized spacial score (nSPS) is 20.6. The number of aryl methyl sites for hydroxylation is 1. The molecule has 2 saturated heterocycles. The minimum absolute atomic E-state index is 0.0434. The Balaban J connectivity index is 1.17. The van der Waals surface area contributed by atoms with Crippen LogP contribution in [0, 0.1) is 6.92 Å². The lowest BCUT2D eigenvalue weighted by Crippen LogP contribution is -2.48. The topological polar surface area (TPSA) is 44.3 Å². The Morgan fingerprint density at radius 1 is 1.00 bits per heavy atom. The number of imidazole rings is 1. The third-order valence-electron chi connectivity index (χ3n) is 6.90. The summed E-state index contributed by atoms with van der Waals surface area (Å²) in [5.74, 6) is 0. The molecule has 1 N–H and O–H groups in total. The Bertz CT molecular complexity index is 1020. The lowest BCUT2D eigenvalue weighted by molar-refractivity contribution is 0.0772. The molecule has 0 spiro atoms. The first-order valence-electron chi connectivity index (χ1n) is 10.9. The summed E-state index contributed by atoms with van der Waals surface area (Å²) < 4.78 is 2.00. The van der Waals surface area contributed by atoms with Crippen LogP contribution in [0.1, 0.15) is 42.2 Å². The van der Waals surface area contributed by atoms with Gasteiger partial charge in [0, 0.05) is 49.7 Å². The SMILES string of the molecule is Cc1ccsc1CN1CCC(N2CCC(n3c(=O)[nH]c4ccccc43)CC2)CC1. The number of rotatable bonds is 4. The molecule has 0 amide bonds. The van der Waals surface area contributed by atoms with Crippen molar-refractivity contribution >= 4 is 22.4 Å². The second kappa shape index (κ2) is 8.09. The Labute approximate surface area is 175 Å². The van der Waals surface area contributed by atoms with E-state index in [2.05, 4.69) is 39.2 Å². The quantitative estimate of drug-likeness (QED) is 0.707. The number of para-hydroxylation sites is 2. The van der Waals surface area contributed by atoms with Crippen LogP contribution in [-0.4, -0.2) is 51.6 Å². The molecule has 0 radical (unpaired) electrons. The minimum Gasteiger partial charge on any atom is -0.306 e. The predicted molar refractivity (Wildman–Crippen MR) is 120 cm³/mol. The van der Waals surface area contributed by atoms with E-state index in [4.69, 9.17) is 0 Å². The summed E-state index contributed by atoms with van der Waals surface area (Å²) in [7, 11) is 0. The number of nitrogens with one attached hydrogen (secondary N) is 1. The van der Waals surface area contributed by atoms with E-state index in [9.17, 15) is 4.79 Å². The first-order chi connectivity index (χ1) is 14.2. The van der Waals surface area contributed by atoms with Crippen LogP contribution in [0.3, 0.4) is 0 Å². The smallest absolute Gasteiger partial charge is 0.306 e. The third kappa shape index (κ3) is 3.81. The zero-order valence-electron chi connectivity index (χ0n) is 17.1. The van der Waals surface area contributed by atoms with Gasteiger partial charge in [-0.25, -0.2) is 4.79 Å². The van der Waals surface area contributed by atoms with Gasteiger partial charge in [0.15, 0.2) is 0 Å². The van der Waals surface area contributed by atoms with E-state index >= 15 is 0 Å². The highest BCUT2D eigenvalue weighted by atomic mass is 32.1. The number of hydrogen-bond acceptors (Lipinski definition) is 4. The number of likely N-dealkylation sites (tertiary alicyclic amines) is 2. The summed E-state index contributed by atoms with van der Waals surface area (Å²) in [6.07, 6.45) is 4.66. The summed E-state index contributed by atoms with van der Waals surface area (Å²) in [5.41, 5.74) is 3.48. The third-order valence-corrected chi connectivity index (χ3v) is 7.90. The molecule has 29 heavy (non-hydrogen) atoms. The van der Waals surface area contributed by atoms with E-state index < -0.39 is 0 Å². The van der Waals surface area contributed by atoms with Crippen molar-refractivity contribution < 1.29 is 0 Å². The molecule has 154 valence electrons. The van der Waals surface area contributed by atoms with Gasteiger partial charge in [-0.15, -0.1) is 11.3 Å². The Morgan fingerprint density at radius 2 is 1.72 bits per heavy atom. The van der Waals surface area contributed by atoms with E-state index in [-0.39, 0.29) is 5.69 Å². The van der Waals surface area contributed by atoms with E-state index in [0.29, 0.717) is 12.1 Å². The lowest BCUT2D eigenvalue weighted by atomic mass is 9.97. The number of hydrogen-bond donors (Lipinski definition) is 1. The molecule has 3 aromatic rings. The number of H-pyrrole nitrogens is 1. The van der Waals surface area contributed by atoms with Crippen LogP contribution in [0.25, 0.3) is 11.0 Å². The lowest BCUT2D eigenvalue weighted by Gasteiger charge is -2.42. The zero-order chi connectivity index (χ0) is 19.8. The summed E-state index contributed by atoms with van der Waals surface area (Å²) >= 11 is 1.89. The molecule has 0 aliphatic carbocycles. The van der Waals surface area contributed by atoms with Gasteiger partial charge in [0.05, 0.1) is 11.0 Å². The Morgan fingerprint density at radius 3 is 2.45 bits per heavy atom. The highest BCUT2D eigenvalue weighted by Crippen LogP contribution is 2.29. The van der Waals surface area contributed by atoms with Gasteiger partial charge in [-0.1, -0.05) is 12.1 Å². The maximum atomic E-state index is 12.5. The fourth-order valence-corrected chi connectivity index (χ4v) is 6.11. The number of aromatic amines is 1. The molecule has 6 heteroatoms. The summed E-state index contributed by atoms with van der Waals surface area (Å²) in [4.78, 5) is 22.3. The fourth-order valence-electron chi connectivity index (χ4n) is 5.16. The molecule has 2 aliphatic heterocycles. The second-order valence-electron chi connectivity index (χ2n) is 8.62. The monoisotopic (exact) mass is 410 g/mol. The molecular formula is C23H30N4OS. The molecule has 0 saturated carbocycles. The first kappa shape index (κ1) is 19.1.